The number of carbonyl (C=O) groups is 2. The number of methoxy groups -OCH3 is 2. The fourth-order valence-electron chi connectivity index (χ4n) is 4.09. The Morgan fingerprint density at radius 1 is 0.909 bits per heavy atom. The van der Waals surface area contributed by atoms with Crippen molar-refractivity contribution < 1.29 is 24.2 Å². The SMILES string of the molecule is COc1cc(OC)cc(N2CCN(C(=O)c3cn(CC(=O)O)cc3-c3ccccc3)CC2)c1. The number of amides is 1. The van der Waals surface area contributed by atoms with E-state index < -0.39 is 5.97 Å². The zero-order chi connectivity index (χ0) is 23.4. The van der Waals surface area contributed by atoms with Gasteiger partial charge in [0.2, 0.25) is 0 Å². The predicted molar refractivity (Wildman–Crippen MR) is 125 cm³/mol. The van der Waals surface area contributed by atoms with Crippen molar-refractivity contribution in [2.45, 2.75) is 6.54 Å². The van der Waals surface area contributed by atoms with Gasteiger partial charge in [-0.1, -0.05) is 30.3 Å². The van der Waals surface area contributed by atoms with Crippen molar-refractivity contribution >= 4 is 17.6 Å². The minimum atomic E-state index is -0.953. The lowest BCUT2D eigenvalue weighted by Crippen LogP contribution is -2.48. The van der Waals surface area contributed by atoms with E-state index in [1.165, 1.54) is 0 Å². The summed E-state index contributed by atoms with van der Waals surface area (Å²) in [5, 5.41) is 9.20. The van der Waals surface area contributed by atoms with Crippen molar-refractivity contribution in [3.05, 3.63) is 66.5 Å². The number of carboxylic acids is 1. The summed E-state index contributed by atoms with van der Waals surface area (Å²) in [5.74, 6) is 0.386. The first kappa shape index (κ1) is 22.3. The number of aliphatic carboxylic acids is 1. The van der Waals surface area contributed by atoms with Gasteiger partial charge in [0.25, 0.3) is 5.91 Å². The highest BCUT2D eigenvalue weighted by Gasteiger charge is 2.26. The number of carboxylic acid groups (broad SMARTS) is 1. The summed E-state index contributed by atoms with van der Waals surface area (Å²) in [6.45, 7) is 2.24. The number of anilines is 1. The van der Waals surface area contributed by atoms with E-state index in [0.717, 1.165) is 28.3 Å². The van der Waals surface area contributed by atoms with E-state index in [4.69, 9.17) is 9.47 Å². The Kier molecular flexibility index (Phi) is 6.53. The summed E-state index contributed by atoms with van der Waals surface area (Å²) < 4.78 is 12.3. The number of benzene rings is 2. The lowest BCUT2D eigenvalue weighted by atomic mass is 10.0. The maximum Gasteiger partial charge on any atom is 0.323 e. The lowest BCUT2D eigenvalue weighted by Gasteiger charge is -2.36. The molecule has 0 bridgehead atoms. The molecule has 0 radical (unpaired) electrons. The molecule has 3 aromatic rings. The molecule has 8 heteroatoms. The van der Waals surface area contributed by atoms with Gasteiger partial charge in [0.1, 0.15) is 18.0 Å². The van der Waals surface area contributed by atoms with Crippen LogP contribution in [0.5, 0.6) is 11.5 Å². The van der Waals surface area contributed by atoms with Gasteiger partial charge in [0.05, 0.1) is 19.8 Å². The number of piperazine rings is 1. The molecule has 2 heterocycles. The molecule has 1 aliphatic rings. The molecule has 0 atom stereocenters. The van der Waals surface area contributed by atoms with E-state index in [-0.39, 0.29) is 12.5 Å². The molecule has 1 aliphatic heterocycles. The molecular formula is C25H27N3O5. The van der Waals surface area contributed by atoms with Crippen LogP contribution in [0.3, 0.4) is 0 Å². The Morgan fingerprint density at radius 3 is 2.12 bits per heavy atom. The van der Waals surface area contributed by atoms with E-state index in [2.05, 4.69) is 4.90 Å². The quantitative estimate of drug-likeness (QED) is 0.596. The molecule has 33 heavy (non-hydrogen) atoms. The standard InChI is InChI=1S/C25H27N3O5/c1-32-20-12-19(13-21(14-20)33-2)27-8-10-28(11-9-27)25(31)23-16-26(17-24(29)30)15-22(23)18-6-4-3-5-7-18/h3-7,12-16H,8-11,17H2,1-2H3,(H,29,30). The van der Waals surface area contributed by atoms with Gasteiger partial charge in [-0.25, -0.2) is 0 Å². The fraction of sp³-hybridized carbons (Fsp3) is 0.280. The van der Waals surface area contributed by atoms with E-state index >= 15 is 0 Å². The van der Waals surface area contributed by atoms with Crippen LogP contribution in [-0.2, 0) is 11.3 Å². The van der Waals surface area contributed by atoms with Crippen LogP contribution in [-0.4, -0.2) is 66.8 Å². The lowest BCUT2D eigenvalue weighted by molar-refractivity contribution is -0.137. The van der Waals surface area contributed by atoms with E-state index in [1.54, 1.807) is 31.2 Å². The first-order chi connectivity index (χ1) is 16.0. The monoisotopic (exact) mass is 449 g/mol. The first-order valence-corrected chi connectivity index (χ1v) is 10.7. The second-order valence-electron chi connectivity index (χ2n) is 7.87. The van der Waals surface area contributed by atoms with Gasteiger partial charge in [0, 0.05) is 68.0 Å². The van der Waals surface area contributed by atoms with Crippen molar-refractivity contribution in [3.63, 3.8) is 0 Å². The van der Waals surface area contributed by atoms with Crippen LogP contribution in [0, 0.1) is 0 Å². The minimum absolute atomic E-state index is 0.0964. The van der Waals surface area contributed by atoms with E-state index in [9.17, 15) is 14.7 Å². The van der Waals surface area contributed by atoms with Crippen molar-refractivity contribution in [1.29, 1.82) is 0 Å². The van der Waals surface area contributed by atoms with E-state index in [1.807, 2.05) is 53.4 Å². The van der Waals surface area contributed by atoms with Crippen molar-refractivity contribution in [3.8, 4) is 22.6 Å². The minimum Gasteiger partial charge on any atom is -0.497 e. The molecule has 1 N–H and O–H groups in total. The third-order valence-electron chi connectivity index (χ3n) is 5.78. The Hall–Kier alpha value is -3.94. The van der Waals surface area contributed by atoms with Gasteiger partial charge >= 0.3 is 5.97 Å². The largest absolute Gasteiger partial charge is 0.497 e. The average Bonchev–Trinajstić information content (AvgIpc) is 3.26. The van der Waals surface area contributed by atoms with Crippen molar-refractivity contribution in [2.24, 2.45) is 0 Å². The first-order valence-electron chi connectivity index (χ1n) is 10.7. The summed E-state index contributed by atoms with van der Waals surface area (Å²) in [6, 6.07) is 15.3. The highest BCUT2D eigenvalue weighted by Crippen LogP contribution is 2.30. The topological polar surface area (TPSA) is 84.2 Å². The van der Waals surface area contributed by atoms with Gasteiger partial charge in [-0.2, -0.15) is 0 Å². The van der Waals surface area contributed by atoms with Crippen molar-refractivity contribution in [2.75, 3.05) is 45.3 Å². The third kappa shape index (κ3) is 4.95. The maximum absolute atomic E-state index is 13.4. The smallest absolute Gasteiger partial charge is 0.323 e. The number of aromatic nitrogens is 1. The maximum atomic E-state index is 13.4. The summed E-state index contributed by atoms with van der Waals surface area (Å²) in [7, 11) is 3.24. The molecule has 8 nitrogen and oxygen atoms in total. The number of rotatable bonds is 7. The Morgan fingerprint density at radius 2 is 1.55 bits per heavy atom. The predicted octanol–water partition coefficient (Wildman–Crippen LogP) is 3.22. The molecule has 1 aromatic heterocycles. The molecule has 1 amide bonds. The number of hydrogen-bond acceptors (Lipinski definition) is 5. The number of carbonyl (C=O) groups excluding carboxylic acids is 1. The van der Waals surface area contributed by atoms with Crippen LogP contribution >= 0.6 is 0 Å². The zero-order valence-corrected chi connectivity index (χ0v) is 18.7. The van der Waals surface area contributed by atoms with Crippen LogP contribution in [0.2, 0.25) is 0 Å². The molecule has 172 valence electrons. The number of ether oxygens (including phenoxy) is 2. The molecule has 2 aromatic carbocycles. The fourth-order valence-corrected chi connectivity index (χ4v) is 4.09. The second-order valence-corrected chi connectivity index (χ2v) is 7.87. The van der Waals surface area contributed by atoms with Gasteiger partial charge in [-0.15, -0.1) is 0 Å². The van der Waals surface area contributed by atoms with Crippen LogP contribution in [0.4, 0.5) is 5.69 Å². The summed E-state index contributed by atoms with van der Waals surface area (Å²) in [5.41, 5.74) is 3.11. The van der Waals surface area contributed by atoms with Crippen LogP contribution in [0.15, 0.2) is 60.9 Å². The normalized spacial score (nSPS) is 13.6. The van der Waals surface area contributed by atoms with Gasteiger partial charge in [-0.05, 0) is 5.56 Å². The van der Waals surface area contributed by atoms with Crippen LogP contribution < -0.4 is 14.4 Å². The highest BCUT2D eigenvalue weighted by molar-refractivity contribution is 6.01. The van der Waals surface area contributed by atoms with Gasteiger partial charge in [0.15, 0.2) is 0 Å². The molecule has 1 saturated heterocycles. The highest BCUT2D eigenvalue weighted by atomic mass is 16.5. The molecular weight excluding hydrogens is 422 g/mol. The van der Waals surface area contributed by atoms with Crippen molar-refractivity contribution in [1.82, 2.24) is 9.47 Å². The zero-order valence-electron chi connectivity index (χ0n) is 18.7. The Balaban J connectivity index is 1.53. The average molecular weight is 450 g/mol. The second kappa shape index (κ2) is 9.68. The molecule has 0 unspecified atom stereocenters. The summed E-state index contributed by atoms with van der Waals surface area (Å²) in [4.78, 5) is 28.7. The van der Waals surface area contributed by atoms with Gasteiger partial charge < -0.3 is 28.9 Å². The van der Waals surface area contributed by atoms with Gasteiger partial charge in [-0.3, -0.25) is 9.59 Å². The number of nitrogens with zero attached hydrogens (tertiary/aromatic N) is 3. The van der Waals surface area contributed by atoms with Crippen LogP contribution in [0.1, 0.15) is 10.4 Å². The molecule has 4 rings (SSSR count). The van der Waals surface area contributed by atoms with Crippen LogP contribution in [0.25, 0.3) is 11.1 Å². The summed E-state index contributed by atoms with van der Waals surface area (Å²) >= 11 is 0. The Bertz CT molecular complexity index is 1110. The molecule has 0 aliphatic carbocycles. The molecule has 1 fully saturated rings. The third-order valence-corrected chi connectivity index (χ3v) is 5.78. The van der Waals surface area contributed by atoms with E-state index in [0.29, 0.717) is 31.7 Å². The summed E-state index contributed by atoms with van der Waals surface area (Å²) in [6.07, 6.45) is 3.37. The number of hydrogen-bond donors (Lipinski definition) is 1. The Labute approximate surface area is 192 Å². The molecule has 0 saturated carbocycles. The molecule has 0 spiro atoms.